The van der Waals surface area contributed by atoms with Gasteiger partial charge in [0.15, 0.2) is 17.5 Å². The van der Waals surface area contributed by atoms with Crippen LogP contribution in [-0.4, -0.2) is 14.5 Å². The monoisotopic (exact) mass is 369 g/mol. The lowest BCUT2D eigenvalue weighted by Crippen LogP contribution is -2.21. The quantitative estimate of drug-likeness (QED) is 0.695. The maximum Gasteiger partial charge on any atom is 0.261 e. The van der Waals surface area contributed by atoms with Crippen LogP contribution in [0, 0.1) is 23.0 Å². The number of aromatic nitrogens is 3. The third kappa shape index (κ3) is 3.36. The Balaban J connectivity index is 2.14. The molecule has 1 aromatic carbocycles. The van der Waals surface area contributed by atoms with Gasteiger partial charge in [-0.1, -0.05) is 19.8 Å². The number of aryl methyl sites for hydroxylation is 1. The summed E-state index contributed by atoms with van der Waals surface area (Å²) in [7, 11) is 0. The number of nitrogen functional groups attached to an aromatic ring is 1. The van der Waals surface area contributed by atoms with Crippen molar-refractivity contribution in [3.05, 3.63) is 52.1 Å². The Kier molecular flexibility index (Phi) is 5.12. The number of nitriles is 1. The van der Waals surface area contributed by atoms with Crippen LogP contribution in [0.5, 0.6) is 0 Å². The number of nitrogens with two attached hydrogens (primary N) is 1. The van der Waals surface area contributed by atoms with Crippen molar-refractivity contribution in [2.45, 2.75) is 32.7 Å². The first-order chi connectivity index (χ1) is 13.0. The summed E-state index contributed by atoms with van der Waals surface area (Å²) in [5.74, 6) is -2.76. The summed E-state index contributed by atoms with van der Waals surface area (Å²) in [6, 6.07) is 4.67. The van der Waals surface area contributed by atoms with Gasteiger partial charge < -0.3 is 10.3 Å². The molecular formula is C19H17F2N5O. The van der Waals surface area contributed by atoms with E-state index in [2.05, 4.69) is 9.97 Å². The molecule has 2 aromatic heterocycles. The van der Waals surface area contributed by atoms with Crippen LogP contribution in [0.1, 0.15) is 31.7 Å². The molecule has 0 fully saturated rings. The van der Waals surface area contributed by atoms with E-state index in [0.717, 1.165) is 25.5 Å². The number of hydrogen-bond acceptors (Lipinski definition) is 5. The highest BCUT2D eigenvalue weighted by Gasteiger charge is 2.20. The standard InChI is InChI=1S/C19H17F2N5O/c1-2-3-4-6-26-7-5-11-8-13(15(20)16(21)14(11)19(26)27)18-24-10-12(9-22)17(23)25-18/h5,7-8,10H,2-4,6H2,1H3,(H2,23,24,25). The summed E-state index contributed by atoms with van der Waals surface area (Å²) >= 11 is 0. The number of nitrogens with zero attached hydrogens (tertiary/aromatic N) is 4. The minimum atomic E-state index is -1.25. The van der Waals surface area contributed by atoms with Crippen LogP contribution in [-0.2, 0) is 6.54 Å². The van der Waals surface area contributed by atoms with Gasteiger partial charge in [0.05, 0.1) is 17.1 Å². The molecule has 0 saturated carbocycles. The Labute approximate surface area is 153 Å². The fraction of sp³-hybridized carbons (Fsp3) is 0.263. The Hall–Kier alpha value is -3.34. The van der Waals surface area contributed by atoms with Crippen molar-refractivity contribution >= 4 is 16.6 Å². The van der Waals surface area contributed by atoms with Crippen molar-refractivity contribution in [3.63, 3.8) is 0 Å². The first-order valence-corrected chi connectivity index (χ1v) is 8.52. The van der Waals surface area contributed by atoms with Gasteiger partial charge in [-0.25, -0.2) is 18.7 Å². The highest BCUT2D eigenvalue weighted by Crippen LogP contribution is 2.28. The summed E-state index contributed by atoms with van der Waals surface area (Å²) in [6.07, 6.45) is 5.42. The molecule has 0 saturated heterocycles. The molecule has 0 spiro atoms. The molecule has 0 aliphatic carbocycles. The molecule has 0 atom stereocenters. The molecule has 2 heterocycles. The molecule has 3 aromatic rings. The molecule has 138 valence electrons. The SMILES string of the molecule is CCCCCn1ccc2cc(-c3ncc(C#N)c(N)n3)c(F)c(F)c2c1=O. The maximum atomic E-state index is 14.7. The molecule has 2 N–H and O–H groups in total. The van der Waals surface area contributed by atoms with Crippen LogP contribution in [0.25, 0.3) is 22.2 Å². The molecule has 8 heteroatoms. The van der Waals surface area contributed by atoms with Gasteiger partial charge in [0, 0.05) is 12.7 Å². The number of hydrogen-bond donors (Lipinski definition) is 1. The van der Waals surface area contributed by atoms with E-state index in [1.54, 1.807) is 18.3 Å². The zero-order chi connectivity index (χ0) is 19.6. The van der Waals surface area contributed by atoms with Gasteiger partial charge in [-0.05, 0) is 23.9 Å². The summed E-state index contributed by atoms with van der Waals surface area (Å²) in [6.45, 7) is 2.48. The smallest absolute Gasteiger partial charge is 0.261 e. The number of unbranched alkanes of at least 4 members (excludes halogenated alkanes) is 2. The number of anilines is 1. The van der Waals surface area contributed by atoms with E-state index in [9.17, 15) is 13.6 Å². The highest BCUT2D eigenvalue weighted by atomic mass is 19.2. The van der Waals surface area contributed by atoms with Crippen LogP contribution in [0.15, 0.2) is 29.3 Å². The first-order valence-electron chi connectivity index (χ1n) is 8.52. The van der Waals surface area contributed by atoms with Crippen LogP contribution >= 0.6 is 0 Å². The number of benzene rings is 1. The second-order valence-corrected chi connectivity index (χ2v) is 6.14. The Morgan fingerprint density at radius 3 is 2.74 bits per heavy atom. The second kappa shape index (κ2) is 7.50. The summed E-state index contributed by atoms with van der Waals surface area (Å²) < 4.78 is 30.7. The summed E-state index contributed by atoms with van der Waals surface area (Å²) in [4.78, 5) is 20.3. The van der Waals surface area contributed by atoms with E-state index in [1.807, 2.05) is 6.92 Å². The zero-order valence-corrected chi connectivity index (χ0v) is 14.7. The fourth-order valence-electron chi connectivity index (χ4n) is 2.86. The second-order valence-electron chi connectivity index (χ2n) is 6.14. The number of halogens is 2. The van der Waals surface area contributed by atoms with Crippen LogP contribution in [0.4, 0.5) is 14.6 Å². The van der Waals surface area contributed by atoms with E-state index < -0.39 is 17.2 Å². The fourth-order valence-corrected chi connectivity index (χ4v) is 2.86. The van der Waals surface area contributed by atoms with Crippen LogP contribution in [0.2, 0.25) is 0 Å². The van der Waals surface area contributed by atoms with Crippen molar-refractivity contribution < 1.29 is 8.78 Å². The summed E-state index contributed by atoms with van der Waals surface area (Å²) in [5.41, 5.74) is 4.87. The van der Waals surface area contributed by atoms with Crippen molar-refractivity contribution in [1.29, 1.82) is 5.26 Å². The van der Waals surface area contributed by atoms with Crippen molar-refractivity contribution in [3.8, 4) is 17.5 Å². The summed E-state index contributed by atoms with van der Waals surface area (Å²) in [5, 5.41) is 8.81. The molecule has 0 radical (unpaired) electrons. The van der Waals surface area contributed by atoms with Crippen LogP contribution in [0.3, 0.4) is 0 Å². The van der Waals surface area contributed by atoms with Gasteiger partial charge in [-0.15, -0.1) is 0 Å². The normalized spacial score (nSPS) is 10.9. The number of fused-ring (bicyclic) bond motifs is 1. The molecule has 0 aliphatic rings. The lowest BCUT2D eigenvalue weighted by Gasteiger charge is -2.10. The van der Waals surface area contributed by atoms with E-state index in [0.29, 0.717) is 6.54 Å². The molecule has 0 aliphatic heterocycles. The van der Waals surface area contributed by atoms with E-state index in [-0.39, 0.29) is 33.5 Å². The van der Waals surface area contributed by atoms with Crippen molar-refractivity contribution in [2.24, 2.45) is 0 Å². The van der Waals surface area contributed by atoms with Gasteiger partial charge in [-0.3, -0.25) is 4.79 Å². The maximum absolute atomic E-state index is 14.7. The van der Waals surface area contributed by atoms with E-state index in [1.165, 1.54) is 10.6 Å². The van der Waals surface area contributed by atoms with Gasteiger partial charge in [0.2, 0.25) is 0 Å². The minimum absolute atomic E-state index is 0.0374. The Morgan fingerprint density at radius 1 is 1.30 bits per heavy atom. The Bertz CT molecular complexity index is 1120. The van der Waals surface area contributed by atoms with E-state index >= 15 is 0 Å². The first kappa shape index (κ1) is 18.5. The average Bonchev–Trinajstić information content (AvgIpc) is 2.66. The zero-order valence-electron chi connectivity index (χ0n) is 14.7. The van der Waals surface area contributed by atoms with Gasteiger partial charge in [-0.2, -0.15) is 5.26 Å². The molecule has 0 amide bonds. The number of rotatable bonds is 5. The molecule has 27 heavy (non-hydrogen) atoms. The Morgan fingerprint density at radius 2 is 2.07 bits per heavy atom. The lowest BCUT2D eigenvalue weighted by atomic mass is 10.1. The molecule has 6 nitrogen and oxygen atoms in total. The predicted octanol–water partition coefficient (Wildman–Crippen LogP) is 3.38. The van der Waals surface area contributed by atoms with Crippen molar-refractivity contribution in [1.82, 2.24) is 14.5 Å². The minimum Gasteiger partial charge on any atom is -0.382 e. The topological polar surface area (TPSA) is 97.6 Å². The molecule has 0 unspecified atom stereocenters. The third-order valence-electron chi connectivity index (χ3n) is 4.33. The van der Waals surface area contributed by atoms with Gasteiger partial charge in [0.1, 0.15) is 17.5 Å². The lowest BCUT2D eigenvalue weighted by molar-refractivity contribution is 0.516. The van der Waals surface area contributed by atoms with Gasteiger partial charge >= 0.3 is 0 Å². The number of pyridine rings is 1. The highest BCUT2D eigenvalue weighted by molar-refractivity contribution is 5.86. The van der Waals surface area contributed by atoms with Gasteiger partial charge in [0.25, 0.3) is 5.56 Å². The largest absolute Gasteiger partial charge is 0.382 e. The third-order valence-corrected chi connectivity index (χ3v) is 4.33. The molecule has 3 rings (SSSR count). The van der Waals surface area contributed by atoms with Crippen LogP contribution < -0.4 is 11.3 Å². The molecular weight excluding hydrogens is 352 g/mol. The molecule has 0 bridgehead atoms. The predicted molar refractivity (Wildman–Crippen MR) is 97.8 cm³/mol. The average molecular weight is 369 g/mol. The van der Waals surface area contributed by atoms with E-state index in [4.69, 9.17) is 11.0 Å². The van der Waals surface area contributed by atoms with Crippen molar-refractivity contribution in [2.75, 3.05) is 5.73 Å².